The third kappa shape index (κ3) is 2.59. The van der Waals surface area contributed by atoms with Gasteiger partial charge in [0.1, 0.15) is 5.82 Å². The van der Waals surface area contributed by atoms with E-state index in [0.717, 1.165) is 18.1 Å². The van der Waals surface area contributed by atoms with Crippen molar-refractivity contribution < 1.29 is 9.18 Å². The molecule has 0 aromatic heterocycles. The first kappa shape index (κ1) is 13.9. The van der Waals surface area contributed by atoms with E-state index in [9.17, 15) is 9.18 Å². The van der Waals surface area contributed by atoms with Gasteiger partial charge in [-0.05, 0) is 41.8 Å². The van der Waals surface area contributed by atoms with Crippen LogP contribution in [0.1, 0.15) is 21.5 Å². The minimum Gasteiger partial charge on any atom is -0.398 e. The zero-order chi connectivity index (χ0) is 15.0. The Bertz CT molecular complexity index is 717. The highest BCUT2D eigenvalue weighted by molar-refractivity contribution is 6.33. The van der Waals surface area contributed by atoms with Crippen LogP contribution in [0.4, 0.5) is 10.1 Å². The van der Waals surface area contributed by atoms with E-state index in [1.165, 1.54) is 17.7 Å². The lowest BCUT2D eigenvalue weighted by molar-refractivity contribution is 0.0735. The summed E-state index contributed by atoms with van der Waals surface area (Å²) in [6.45, 7) is 1.05. The van der Waals surface area contributed by atoms with Gasteiger partial charge in [-0.2, -0.15) is 0 Å². The fourth-order valence-corrected chi connectivity index (χ4v) is 2.86. The summed E-state index contributed by atoms with van der Waals surface area (Å²) in [6, 6.07) is 9.59. The monoisotopic (exact) mass is 304 g/mol. The number of nitrogen functional groups attached to an aromatic ring is 1. The van der Waals surface area contributed by atoms with Gasteiger partial charge < -0.3 is 10.6 Å². The minimum atomic E-state index is -0.454. The van der Waals surface area contributed by atoms with Crippen molar-refractivity contribution in [1.82, 2.24) is 4.90 Å². The number of carbonyl (C=O) groups excluding carboxylic acids is 1. The van der Waals surface area contributed by atoms with Crippen molar-refractivity contribution in [3.05, 3.63) is 63.9 Å². The van der Waals surface area contributed by atoms with Crippen molar-refractivity contribution in [1.29, 1.82) is 0 Å². The Hall–Kier alpha value is -2.07. The lowest BCUT2D eigenvalue weighted by atomic mass is 9.97. The van der Waals surface area contributed by atoms with Crippen LogP contribution in [0.5, 0.6) is 0 Å². The number of amides is 1. The number of hydrogen-bond donors (Lipinski definition) is 1. The van der Waals surface area contributed by atoms with Gasteiger partial charge in [0.05, 0.1) is 10.6 Å². The molecule has 108 valence electrons. The number of nitrogens with zero attached hydrogens (tertiary/aromatic N) is 1. The lowest BCUT2D eigenvalue weighted by Crippen LogP contribution is -2.36. The molecular weight excluding hydrogens is 291 g/mol. The first-order chi connectivity index (χ1) is 10.1. The Kier molecular flexibility index (Phi) is 3.55. The van der Waals surface area contributed by atoms with Gasteiger partial charge in [0.2, 0.25) is 0 Å². The molecule has 0 saturated heterocycles. The third-order valence-corrected chi connectivity index (χ3v) is 4.07. The van der Waals surface area contributed by atoms with Crippen molar-refractivity contribution in [2.75, 3.05) is 12.3 Å². The fraction of sp³-hybridized carbons (Fsp3) is 0.188. The number of hydrogen-bond acceptors (Lipinski definition) is 2. The van der Waals surface area contributed by atoms with E-state index in [-0.39, 0.29) is 10.9 Å². The number of anilines is 1. The molecule has 0 aliphatic carbocycles. The second-order valence-corrected chi connectivity index (χ2v) is 5.49. The molecule has 1 heterocycles. The molecule has 0 atom stereocenters. The van der Waals surface area contributed by atoms with E-state index in [4.69, 9.17) is 17.3 Å². The normalized spacial score (nSPS) is 13.9. The van der Waals surface area contributed by atoms with E-state index in [1.807, 2.05) is 18.2 Å². The highest BCUT2D eigenvalue weighted by Gasteiger charge is 2.24. The highest BCUT2D eigenvalue weighted by Crippen LogP contribution is 2.27. The van der Waals surface area contributed by atoms with Gasteiger partial charge in [-0.3, -0.25) is 4.79 Å². The van der Waals surface area contributed by atoms with Crippen LogP contribution in [0.2, 0.25) is 5.02 Å². The van der Waals surface area contributed by atoms with E-state index in [2.05, 4.69) is 0 Å². The van der Waals surface area contributed by atoms with Gasteiger partial charge in [0.15, 0.2) is 0 Å². The molecular formula is C16H14ClFN2O. The Morgan fingerprint density at radius 2 is 2.10 bits per heavy atom. The zero-order valence-electron chi connectivity index (χ0n) is 11.3. The predicted molar refractivity (Wildman–Crippen MR) is 80.7 cm³/mol. The molecule has 0 unspecified atom stereocenters. The highest BCUT2D eigenvalue weighted by atomic mass is 35.5. The molecule has 0 radical (unpaired) electrons. The molecule has 5 heteroatoms. The maximum atomic E-state index is 13.1. The molecule has 1 amide bonds. The summed E-state index contributed by atoms with van der Waals surface area (Å²) in [6.07, 6.45) is 0.755. The summed E-state index contributed by atoms with van der Waals surface area (Å²) < 4.78 is 13.1. The molecule has 3 rings (SSSR count). The molecule has 0 spiro atoms. The maximum Gasteiger partial charge on any atom is 0.255 e. The summed E-state index contributed by atoms with van der Waals surface area (Å²) in [5, 5.41) is 0.131. The lowest BCUT2D eigenvalue weighted by Gasteiger charge is -2.30. The minimum absolute atomic E-state index is 0.131. The van der Waals surface area contributed by atoms with Crippen LogP contribution < -0.4 is 5.73 Å². The van der Waals surface area contributed by atoms with Crippen molar-refractivity contribution in [3.8, 4) is 0 Å². The van der Waals surface area contributed by atoms with Crippen LogP contribution in [0.25, 0.3) is 0 Å². The van der Waals surface area contributed by atoms with Gasteiger partial charge >= 0.3 is 0 Å². The predicted octanol–water partition coefficient (Wildman–Crippen LogP) is 3.26. The van der Waals surface area contributed by atoms with Crippen LogP contribution >= 0.6 is 11.6 Å². The number of rotatable bonds is 1. The van der Waals surface area contributed by atoms with E-state index < -0.39 is 5.82 Å². The number of nitrogens with two attached hydrogens (primary N) is 1. The largest absolute Gasteiger partial charge is 0.398 e. The Morgan fingerprint density at radius 3 is 2.86 bits per heavy atom. The van der Waals surface area contributed by atoms with Crippen molar-refractivity contribution >= 4 is 23.2 Å². The average Bonchev–Trinajstić information content (AvgIpc) is 2.47. The number of carbonyl (C=O) groups is 1. The third-order valence-electron chi connectivity index (χ3n) is 3.76. The van der Waals surface area contributed by atoms with Crippen molar-refractivity contribution in [2.45, 2.75) is 13.0 Å². The number of benzene rings is 2. The van der Waals surface area contributed by atoms with Gasteiger partial charge in [0, 0.05) is 18.8 Å². The molecule has 0 saturated carbocycles. The van der Waals surface area contributed by atoms with E-state index in [0.29, 0.717) is 24.3 Å². The Labute approximate surface area is 127 Å². The Morgan fingerprint density at radius 1 is 1.29 bits per heavy atom. The molecule has 1 aliphatic heterocycles. The first-order valence-electron chi connectivity index (χ1n) is 6.67. The van der Waals surface area contributed by atoms with Crippen LogP contribution in [0.15, 0.2) is 36.4 Å². The fourth-order valence-electron chi connectivity index (χ4n) is 2.61. The topological polar surface area (TPSA) is 46.3 Å². The average molecular weight is 305 g/mol. The standard InChI is InChI=1S/C16H14ClFN2O/c17-14-8-11(18)4-5-12(14)16(21)20-7-6-10-2-1-3-15(19)13(10)9-20/h1-5,8H,6-7,9,19H2. The summed E-state index contributed by atoms with van der Waals surface area (Å²) in [7, 11) is 0. The Balaban J connectivity index is 1.89. The molecule has 1 aliphatic rings. The number of halogens is 2. The maximum absolute atomic E-state index is 13.1. The number of fused-ring (bicyclic) bond motifs is 1. The van der Waals surface area contributed by atoms with Crippen molar-refractivity contribution in [2.24, 2.45) is 0 Å². The van der Waals surface area contributed by atoms with E-state index >= 15 is 0 Å². The molecule has 0 fully saturated rings. The molecule has 3 nitrogen and oxygen atoms in total. The van der Waals surface area contributed by atoms with Crippen LogP contribution in [-0.4, -0.2) is 17.4 Å². The summed E-state index contributed by atoms with van der Waals surface area (Å²) in [4.78, 5) is 14.2. The van der Waals surface area contributed by atoms with Gasteiger partial charge in [-0.1, -0.05) is 23.7 Å². The smallest absolute Gasteiger partial charge is 0.255 e. The van der Waals surface area contributed by atoms with E-state index in [1.54, 1.807) is 4.90 Å². The summed E-state index contributed by atoms with van der Waals surface area (Å²) in [5.74, 6) is -0.654. The molecule has 21 heavy (non-hydrogen) atoms. The summed E-state index contributed by atoms with van der Waals surface area (Å²) >= 11 is 5.96. The van der Waals surface area contributed by atoms with Crippen molar-refractivity contribution in [3.63, 3.8) is 0 Å². The quantitative estimate of drug-likeness (QED) is 0.822. The van der Waals surface area contributed by atoms with Gasteiger partial charge in [-0.15, -0.1) is 0 Å². The SMILES string of the molecule is Nc1cccc2c1CN(C(=O)c1ccc(F)cc1Cl)CC2. The van der Waals surface area contributed by atoms with Gasteiger partial charge in [0.25, 0.3) is 5.91 Å². The second kappa shape index (κ2) is 5.37. The summed E-state index contributed by atoms with van der Waals surface area (Å²) in [5.41, 5.74) is 9.14. The second-order valence-electron chi connectivity index (χ2n) is 5.09. The zero-order valence-corrected chi connectivity index (χ0v) is 12.0. The van der Waals surface area contributed by atoms with Crippen LogP contribution in [-0.2, 0) is 13.0 Å². The molecule has 2 aromatic carbocycles. The molecule has 0 bridgehead atoms. The molecule has 2 N–H and O–H groups in total. The first-order valence-corrected chi connectivity index (χ1v) is 7.04. The van der Waals surface area contributed by atoms with Crippen LogP contribution in [0.3, 0.4) is 0 Å². The van der Waals surface area contributed by atoms with Gasteiger partial charge in [-0.25, -0.2) is 4.39 Å². The molecule has 2 aromatic rings. The van der Waals surface area contributed by atoms with Crippen LogP contribution in [0, 0.1) is 5.82 Å².